The number of nitrogens with two attached hydrogens (primary N) is 1. The average molecular weight is 350 g/mol. The van der Waals surface area contributed by atoms with Crippen LogP contribution in [0.4, 0.5) is 0 Å². The Morgan fingerprint density at radius 2 is 1.81 bits per heavy atom. The van der Waals surface area contributed by atoms with Crippen LogP contribution >= 0.6 is 0 Å². The van der Waals surface area contributed by atoms with Crippen LogP contribution in [0.2, 0.25) is 0 Å². The molecule has 2 aliphatic rings. The van der Waals surface area contributed by atoms with Gasteiger partial charge in [-0.2, -0.15) is 0 Å². The van der Waals surface area contributed by atoms with Crippen molar-refractivity contribution in [3.05, 3.63) is 71.3 Å². The predicted octanol–water partition coefficient (Wildman–Crippen LogP) is 2.74. The van der Waals surface area contributed by atoms with E-state index >= 15 is 0 Å². The highest BCUT2D eigenvalue weighted by Crippen LogP contribution is 2.51. The van der Waals surface area contributed by atoms with Crippen LogP contribution in [0.3, 0.4) is 0 Å². The number of benzene rings is 2. The fourth-order valence-electron chi connectivity index (χ4n) is 5.06. The molecule has 0 spiro atoms. The number of aliphatic hydroxyl groups is 1. The Morgan fingerprint density at radius 1 is 1.08 bits per heavy atom. The van der Waals surface area contributed by atoms with Crippen LogP contribution in [-0.4, -0.2) is 34.6 Å². The van der Waals surface area contributed by atoms with Gasteiger partial charge in [-0.15, -0.1) is 0 Å². The van der Waals surface area contributed by atoms with Gasteiger partial charge in [0.05, 0.1) is 6.61 Å². The molecule has 0 aliphatic carbocycles. The molecule has 0 aromatic heterocycles. The minimum absolute atomic E-state index is 0.0442. The van der Waals surface area contributed by atoms with Crippen LogP contribution in [0.25, 0.3) is 0 Å². The molecule has 4 rings (SSSR count). The van der Waals surface area contributed by atoms with E-state index in [1.54, 1.807) is 12.1 Å². The number of fused-ring (bicyclic) bond motifs is 2. The van der Waals surface area contributed by atoms with Gasteiger partial charge in [0.2, 0.25) is 5.91 Å². The zero-order chi connectivity index (χ0) is 18.1. The minimum Gasteiger partial charge on any atom is -0.396 e. The highest BCUT2D eigenvalue weighted by Gasteiger charge is 2.55. The van der Waals surface area contributed by atoms with Crippen LogP contribution in [0.5, 0.6) is 0 Å². The second-order valence-electron chi connectivity index (χ2n) is 7.87. The molecular formula is C22H26N2O2. The van der Waals surface area contributed by atoms with Crippen molar-refractivity contribution in [1.29, 1.82) is 0 Å². The molecule has 4 nitrogen and oxygen atoms in total. The Hall–Kier alpha value is -2.17. The van der Waals surface area contributed by atoms with Gasteiger partial charge in [-0.25, -0.2) is 0 Å². The van der Waals surface area contributed by atoms with Crippen molar-refractivity contribution in [2.24, 2.45) is 11.1 Å². The molecule has 2 aromatic carbocycles. The second-order valence-corrected chi connectivity index (χ2v) is 7.87. The van der Waals surface area contributed by atoms with Gasteiger partial charge in [0.15, 0.2) is 0 Å². The number of carbonyl (C=O) groups excluding carboxylic acids is 1. The molecule has 136 valence electrons. The van der Waals surface area contributed by atoms with Crippen molar-refractivity contribution in [2.75, 3.05) is 6.61 Å². The van der Waals surface area contributed by atoms with Gasteiger partial charge < -0.3 is 10.8 Å². The summed E-state index contributed by atoms with van der Waals surface area (Å²) in [6.07, 6.45) is 4.35. The Balaban J connectivity index is 1.52. The Bertz CT molecular complexity index is 774. The normalized spacial score (nSPS) is 27.7. The standard InChI is InChI=1S/C22H26N2O2/c23-21(26)18-8-6-17(7-9-18)14-24-19-10-11-20(24)22(13-19,15-25)12-16-4-2-1-3-5-16/h1-9,19-20,25H,10-15H2,(H2,23,26)/t19-,20+,22-/m0/s1. The molecule has 2 fully saturated rings. The largest absolute Gasteiger partial charge is 0.396 e. The van der Waals surface area contributed by atoms with Crippen LogP contribution in [0, 0.1) is 5.41 Å². The number of rotatable bonds is 6. The van der Waals surface area contributed by atoms with Gasteiger partial charge in [-0.3, -0.25) is 9.69 Å². The highest BCUT2D eigenvalue weighted by atomic mass is 16.3. The zero-order valence-corrected chi connectivity index (χ0v) is 15.0. The molecule has 1 amide bonds. The van der Waals surface area contributed by atoms with E-state index in [9.17, 15) is 9.90 Å². The molecule has 3 atom stereocenters. The number of hydrogen-bond acceptors (Lipinski definition) is 3. The number of primary amides is 1. The summed E-state index contributed by atoms with van der Waals surface area (Å²) < 4.78 is 0. The first-order valence-electron chi connectivity index (χ1n) is 9.40. The van der Waals surface area contributed by atoms with E-state index in [1.165, 1.54) is 17.5 Å². The first kappa shape index (κ1) is 17.3. The summed E-state index contributed by atoms with van der Waals surface area (Å²) >= 11 is 0. The summed E-state index contributed by atoms with van der Waals surface area (Å²) in [5.74, 6) is -0.389. The van der Waals surface area contributed by atoms with Crippen molar-refractivity contribution in [3.8, 4) is 0 Å². The van der Waals surface area contributed by atoms with E-state index in [2.05, 4.69) is 29.2 Å². The lowest BCUT2D eigenvalue weighted by atomic mass is 9.70. The summed E-state index contributed by atoms with van der Waals surface area (Å²) in [6.45, 7) is 1.10. The smallest absolute Gasteiger partial charge is 0.248 e. The van der Waals surface area contributed by atoms with Crippen LogP contribution in [0.1, 0.15) is 40.7 Å². The highest BCUT2D eigenvalue weighted by molar-refractivity contribution is 5.92. The molecule has 2 aliphatic heterocycles. The maximum atomic E-state index is 11.3. The third-order valence-electron chi connectivity index (χ3n) is 6.31. The molecule has 4 heteroatoms. The lowest BCUT2D eigenvalue weighted by Crippen LogP contribution is -2.41. The zero-order valence-electron chi connectivity index (χ0n) is 15.0. The molecule has 2 saturated heterocycles. The fourth-order valence-corrected chi connectivity index (χ4v) is 5.06. The SMILES string of the molecule is NC(=O)c1ccc(CN2[C@H]3CC[C@@H]2[C@@](CO)(Cc2ccccc2)C3)cc1. The summed E-state index contributed by atoms with van der Waals surface area (Å²) in [5.41, 5.74) is 8.34. The lowest BCUT2D eigenvalue weighted by Gasteiger charge is -2.36. The summed E-state index contributed by atoms with van der Waals surface area (Å²) in [7, 11) is 0. The van der Waals surface area contributed by atoms with Crippen molar-refractivity contribution in [3.63, 3.8) is 0 Å². The summed E-state index contributed by atoms with van der Waals surface area (Å²) in [5, 5.41) is 10.3. The van der Waals surface area contributed by atoms with Gasteiger partial charge >= 0.3 is 0 Å². The van der Waals surface area contributed by atoms with E-state index in [-0.39, 0.29) is 17.9 Å². The number of nitrogens with zero attached hydrogens (tertiary/aromatic N) is 1. The molecule has 2 aromatic rings. The van der Waals surface area contributed by atoms with Gasteiger partial charge in [0.25, 0.3) is 0 Å². The Kier molecular flexibility index (Phi) is 4.55. The van der Waals surface area contributed by atoms with Crippen LogP contribution in [0.15, 0.2) is 54.6 Å². The maximum absolute atomic E-state index is 11.3. The number of aliphatic hydroxyl groups excluding tert-OH is 1. The van der Waals surface area contributed by atoms with Gasteiger partial charge in [0, 0.05) is 29.6 Å². The minimum atomic E-state index is -0.389. The van der Waals surface area contributed by atoms with Crippen LogP contribution in [-0.2, 0) is 13.0 Å². The molecule has 0 saturated carbocycles. The average Bonchev–Trinajstić information content (AvgIpc) is 3.18. The van der Waals surface area contributed by atoms with E-state index in [4.69, 9.17) is 5.73 Å². The molecule has 0 unspecified atom stereocenters. The monoisotopic (exact) mass is 350 g/mol. The van der Waals surface area contributed by atoms with Gasteiger partial charge in [0.1, 0.15) is 0 Å². The number of hydrogen-bond donors (Lipinski definition) is 2. The van der Waals surface area contributed by atoms with E-state index < -0.39 is 0 Å². The quantitative estimate of drug-likeness (QED) is 0.842. The van der Waals surface area contributed by atoms with Gasteiger partial charge in [-0.1, -0.05) is 42.5 Å². The molecule has 0 radical (unpaired) electrons. The molecule has 26 heavy (non-hydrogen) atoms. The van der Waals surface area contributed by atoms with Crippen molar-refractivity contribution in [2.45, 2.75) is 44.3 Å². The fraction of sp³-hybridized carbons (Fsp3) is 0.409. The molecular weight excluding hydrogens is 324 g/mol. The Morgan fingerprint density at radius 3 is 2.46 bits per heavy atom. The van der Waals surface area contributed by atoms with Crippen LogP contribution < -0.4 is 5.73 Å². The summed E-state index contributed by atoms with van der Waals surface area (Å²) in [4.78, 5) is 13.8. The second kappa shape index (κ2) is 6.86. The van der Waals surface area contributed by atoms with Crippen molar-refractivity contribution in [1.82, 2.24) is 4.90 Å². The third kappa shape index (κ3) is 3.04. The Labute approximate surface area is 154 Å². The topological polar surface area (TPSA) is 66.6 Å². The summed E-state index contributed by atoms with van der Waals surface area (Å²) in [6, 6.07) is 19.1. The molecule has 3 N–H and O–H groups in total. The van der Waals surface area contributed by atoms with Crippen molar-refractivity contribution < 1.29 is 9.90 Å². The first-order valence-corrected chi connectivity index (χ1v) is 9.40. The van der Waals surface area contributed by atoms with Gasteiger partial charge in [-0.05, 0) is 48.9 Å². The predicted molar refractivity (Wildman–Crippen MR) is 102 cm³/mol. The third-order valence-corrected chi connectivity index (χ3v) is 6.31. The van der Waals surface area contributed by atoms with E-state index in [0.29, 0.717) is 17.6 Å². The maximum Gasteiger partial charge on any atom is 0.248 e. The molecule has 2 heterocycles. The van der Waals surface area contributed by atoms with E-state index in [1.807, 2.05) is 18.2 Å². The first-order chi connectivity index (χ1) is 12.6. The lowest BCUT2D eigenvalue weighted by molar-refractivity contribution is 0.0750. The molecule has 2 bridgehead atoms. The number of amides is 1. The van der Waals surface area contributed by atoms with E-state index in [0.717, 1.165) is 25.8 Å². The number of carbonyl (C=O) groups is 1. The van der Waals surface area contributed by atoms with Crippen molar-refractivity contribution >= 4 is 5.91 Å².